The molecule has 2 heteroatoms. The molecule has 1 nitrogen and oxygen atoms in total. The highest BCUT2D eigenvalue weighted by atomic mass is 32.1. The summed E-state index contributed by atoms with van der Waals surface area (Å²) >= 11 is 4.15. The van der Waals surface area contributed by atoms with Crippen LogP contribution in [-0.2, 0) is 4.79 Å². The van der Waals surface area contributed by atoms with E-state index in [0.29, 0.717) is 5.75 Å². The minimum absolute atomic E-state index is 0.164. The van der Waals surface area contributed by atoms with Crippen molar-refractivity contribution in [3.8, 4) is 11.1 Å². The molecule has 0 aromatic heterocycles. The van der Waals surface area contributed by atoms with Gasteiger partial charge in [0.1, 0.15) is 0 Å². The first kappa shape index (κ1) is 12.0. The lowest BCUT2D eigenvalue weighted by Crippen LogP contribution is -2.34. The fraction of sp³-hybridized carbons (Fsp3) is 0.167. The van der Waals surface area contributed by atoms with Gasteiger partial charge >= 0.3 is 0 Å². The number of carbonyl (C=O) groups is 1. The molecule has 20 heavy (non-hydrogen) atoms. The molecule has 0 spiro atoms. The molecule has 0 amide bonds. The van der Waals surface area contributed by atoms with Crippen LogP contribution in [0.3, 0.4) is 0 Å². The fourth-order valence-electron chi connectivity index (χ4n) is 3.50. The Morgan fingerprint density at radius 1 is 0.950 bits per heavy atom. The predicted molar refractivity (Wildman–Crippen MR) is 85.1 cm³/mol. The summed E-state index contributed by atoms with van der Waals surface area (Å²) in [4.78, 5) is 12.1. The van der Waals surface area contributed by atoms with Crippen molar-refractivity contribution in [3.63, 3.8) is 0 Å². The summed E-state index contributed by atoms with van der Waals surface area (Å²) in [5.41, 5.74) is 6.28. The third-order valence-electron chi connectivity index (χ3n) is 4.34. The van der Waals surface area contributed by atoms with E-state index in [1.54, 1.807) is 0 Å². The van der Waals surface area contributed by atoms with Gasteiger partial charge in [-0.15, -0.1) is 0 Å². The van der Waals surface area contributed by atoms with E-state index in [0.717, 1.165) is 23.6 Å². The molecule has 2 aliphatic rings. The van der Waals surface area contributed by atoms with Crippen molar-refractivity contribution in [3.05, 3.63) is 58.5 Å². The molecule has 0 saturated heterocycles. The van der Waals surface area contributed by atoms with Crippen LogP contribution in [0, 0.1) is 0 Å². The van der Waals surface area contributed by atoms with Crippen LogP contribution in [-0.4, -0.2) is 11.5 Å². The Kier molecular flexibility index (Phi) is 2.61. The highest BCUT2D eigenvalue weighted by Crippen LogP contribution is 2.35. The monoisotopic (exact) mass is 278 g/mol. The smallest absolute Gasteiger partial charge is 0.169 e. The van der Waals surface area contributed by atoms with Crippen LogP contribution in [0.25, 0.3) is 22.3 Å². The zero-order valence-corrected chi connectivity index (χ0v) is 11.9. The molecule has 0 unspecified atom stereocenters. The number of thiol groups is 1. The van der Waals surface area contributed by atoms with Crippen molar-refractivity contribution in [1.29, 1.82) is 0 Å². The number of benzene rings is 2. The first-order valence-electron chi connectivity index (χ1n) is 6.90. The van der Waals surface area contributed by atoms with Crippen LogP contribution in [0.4, 0.5) is 0 Å². The van der Waals surface area contributed by atoms with E-state index in [4.69, 9.17) is 0 Å². The molecular weight excluding hydrogens is 264 g/mol. The summed E-state index contributed by atoms with van der Waals surface area (Å²) in [6, 6.07) is 14.9. The number of hydrogen-bond acceptors (Lipinski definition) is 2. The highest BCUT2D eigenvalue weighted by molar-refractivity contribution is 7.81. The largest absolute Gasteiger partial charge is 0.294 e. The Balaban J connectivity index is 2.17. The summed E-state index contributed by atoms with van der Waals surface area (Å²) in [6.07, 6.45) is 1.79. The Hall–Kier alpha value is -1.80. The van der Waals surface area contributed by atoms with E-state index in [9.17, 15) is 4.79 Å². The predicted octanol–water partition coefficient (Wildman–Crippen LogP) is 2.31. The van der Waals surface area contributed by atoms with Crippen LogP contribution in [0.5, 0.6) is 0 Å². The molecule has 0 bridgehead atoms. The van der Waals surface area contributed by atoms with Crippen molar-refractivity contribution in [2.75, 3.05) is 5.75 Å². The van der Waals surface area contributed by atoms with E-state index >= 15 is 0 Å². The van der Waals surface area contributed by atoms with Crippen molar-refractivity contribution in [2.24, 2.45) is 0 Å². The Morgan fingerprint density at radius 2 is 1.70 bits per heavy atom. The topological polar surface area (TPSA) is 17.1 Å². The number of fused-ring (bicyclic) bond motifs is 3. The summed E-state index contributed by atoms with van der Waals surface area (Å²) < 4.78 is 0. The lowest BCUT2D eigenvalue weighted by atomic mass is 9.91. The lowest BCUT2D eigenvalue weighted by molar-refractivity contribution is -0.111. The second-order valence-electron chi connectivity index (χ2n) is 5.31. The van der Waals surface area contributed by atoms with Crippen LogP contribution >= 0.6 is 12.6 Å². The number of Topliss-reactive ketones (excluding diaryl/α,β-unsaturated/α-hetero) is 1. The molecule has 0 fully saturated rings. The summed E-state index contributed by atoms with van der Waals surface area (Å²) in [5, 5.41) is 2.41. The van der Waals surface area contributed by atoms with Gasteiger partial charge in [-0.05, 0) is 45.5 Å². The van der Waals surface area contributed by atoms with Gasteiger partial charge in [-0.25, -0.2) is 0 Å². The number of hydrogen-bond donors (Lipinski definition) is 1. The number of ketones is 1. The molecule has 0 saturated carbocycles. The fourth-order valence-corrected chi connectivity index (χ4v) is 3.69. The molecule has 2 aromatic carbocycles. The zero-order valence-electron chi connectivity index (χ0n) is 11.0. The second kappa shape index (κ2) is 4.35. The maximum absolute atomic E-state index is 12.1. The molecule has 4 rings (SSSR count). The molecule has 0 heterocycles. The van der Waals surface area contributed by atoms with E-state index in [1.807, 2.05) is 0 Å². The maximum Gasteiger partial charge on any atom is 0.169 e. The standard InChI is InChI=1S/C18H14OS/c19-17(10-20)13-8-9-16-12-5-2-1-4-11(12)14-6-3-7-15(13)18(14)16/h1-7,20H,8-10H2. The van der Waals surface area contributed by atoms with Crippen LogP contribution in [0.2, 0.25) is 0 Å². The normalized spacial score (nSPS) is 15.1. The van der Waals surface area contributed by atoms with E-state index in [-0.39, 0.29) is 5.78 Å². The third-order valence-corrected chi connectivity index (χ3v) is 4.63. The summed E-state index contributed by atoms with van der Waals surface area (Å²) in [6.45, 7) is 0. The van der Waals surface area contributed by atoms with Crippen LogP contribution in [0.15, 0.2) is 42.5 Å². The van der Waals surface area contributed by atoms with Crippen molar-refractivity contribution < 1.29 is 4.79 Å². The molecule has 0 aliphatic heterocycles. The van der Waals surface area contributed by atoms with Gasteiger partial charge in [0.05, 0.1) is 5.75 Å². The molecule has 0 radical (unpaired) electrons. The third kappa shape index (κ3) is 1.49. The number of rotatable bonds is 2. The van der Waals surface area contributed by atoms with Crippen LogP contribution in [0.1, 0.15) is 18.4 Å². The van der Waals surface area contributed by atoms with Gasteiger partial charge in [0.2, 0.25) is 0 Å². The van der Waals surface area contributed by atoms with Gasteiger partial charge < -0.3 is 0 Å². The molecule has 2 aliphatic carbocycles. The maximum atomic E-state index is 12.1. The van der Waals surface area contributed by atoms with E-state index in [1.165, 1.54) is 27.5 Å². The average molecular weight is 278 g/mol. The molecule has 98 valence electrons. The Bertz CT molecular complexity index is 861. The molecule has 0 N–H and O–H groups in total. The van der Waals surface area contributed by atoms with Crippen molar-refractivity contribution >= 4 is 29.6 Å². The van der Waals surface area contributed by atoms with Gasteiger partial charge in [-0.1, -0.05) is 42.5 Å². The van der Waals surface area contributed by atoms with Gasteiger partial charge in [-0.2, -0.15) is 12.6 Å². The lowest BCUT2D eigenvalue weighted by Gasteiger charge is -2.13. The molecular formula is C18H14OS. The summed E-state index contributed by atoms with van der Waals surface area (Å²) in [7, 11) is 0. The van der Waals surface area contributed by atoms with Crippen LogP contribution < -0.4 is 10.4 Å². The number of carbonyl (C=O) groups excluding carboxylic acids is 1. The van der Waals surface area contributed by atoms with E-state index in [2.05, 4.69) is 55.1 Å². The van der Waals surface area contributed by atoms with Crippen molar-refractivity contribution in [2.45, 2.75) is 12.8 Å². The molecule has 0 atom stereocenters. The second-order valence-corrected chi connectivity index (χ2v) is 5.63. The van der Waals surface area contributed by atoms with Gasteiger partial charge in [0.25, 0.3) is 0 Å². The minimum Gasteiger partial charge on any atom is -0.294 e. The minimum atomic E-state index is 0.164. The van der Waals surface area contributed by atoms with E-state index < -0.39 is 0 Å². The SMILES string of the molecule is O=C(CS)C1=c2cccc3c2=C(CC1)c1ccccc1-3. The van der Waals surface area contributed by atoms with Gasteiger partial charge in [0, 0.05) is 5.57 Å². The molecule has 2 aromatic rings. The highest BCUT2D eigenvalue weighted by Gasteiger charge is 2.24. The average Bonchev–Trinajstić information content (AvgIpc) is 2.84. The Morgan fingerprint density at radius 3 is 2.50 bits per heavy atom. The van der Waals surface area contributed by atoms with Crippen molar-refractivity contribution in [1.82, 2.24) is 0 Å². The van der Waals surface area contributed by atoms with Gasteiger partial charge in [0.15, 0.2) is 5.78 Å². The Labute approximate surface area is 123 Å². The van der Waals surface area contributed by atoms with Gasteiger partial charge in [-0.3, -0.25) is 4.79 Å². The zero-order chi connectivity index (χ0) is 13.7. The first-order valence-corrected chi connectivity index (χ1v) is 7.53. The summed E-state index contributed by atoms with van der Waals surface area (Å²) in [5.74, 6) is 0.457. The quantitative estimate of drug-likeness (QED) is 0.834. The first-order chi connectivity index (χ1) is 9.81.